The van der Waals surface area contributed by atoms with Crippen molar-refractivity contribution in [2.45, 2.75) is 373 Å². The minimum atomic E-state index is -3.75. The molecule has 0 fully saturated rings. The van der Waals surface area contributed by atoms with Crippen LogP contribution in [0.4, 0.5) is 0 Å². The van der Waals surface area contributed by atoms with Crippen LogP contribution in [0, 0.1) is 0 Å². The van der Waals surface area contributed by atoms with E-state index in [1.54, 1.807) is 0 Å². The lowest BCUT2D eigenvalue weighted by Gasteiger charge is -2.23. The van der Waals surface area contributed by atoms with Gasteiger partial charge < -0.3 is 68.5 Å². The lowest BCUT2D eigenvalue weighted by atomic mass is 10.1. The number of ether oxygens (including phenoxy) is 4. The van der Waals surface area contributed by atoms with Crippen LogP contribution in [0.2, 0.25) is 0 Å². The van der Waals surface area contributed by atoms with Gasteiger partial charge in [0.2, 0.25) is 23.6 Å². The van der Waals surface area contributed by atoms with E-state index in [4.69, 9.17) is 37.0 Å². The Balaban J connectivity index is 5.55. The summed E-state index contributed by atoms with van der Waals surface area (Å²) in [5.74, 6) is -2.38. The van der Waals surface area contributed by atoms with Crippen molar-refractivity contribution in [3.8, 4) is 0 Å². The van der Waals surface area contributed by atoms with Gasteiger partial charge in [-0.1, -0.05) is 220 Å². The normalized spacial score (nSPS) is 14.7. The predicted octanol–water partition coefficient (Wildman–Crippen LogP) is 17.7. The fraction of sp³-hybridized carbons (Fsp3) is 0.875. The molecule has 0 saturated carbocycles. The van der Waals surface area contributed by atoms with Crippen LogP contribution in [0.3, 0.4) is 0 Å². The van der Waals surface area contributed by atoms with Crippen LogP contribution in [-0.2, 0) is 74.9 Å². The van der Waals surface area contributed by atoms with Crippen LogP contribution in [-0.4, -0.2) is 162 Å². The summed E-state index contributed by atoms with van der Waals surface area (Å²) >= 11 is 0. The highest BCUT2D eigenvalue weighted by Gasteiger charge is 2.27. The average molecular weight is 1520 g/mol. The summed E-state index contributed by atoms with van der Waals surface area (Å²) in [5.41, 5.74) is 0. The molecule has 0 heterocycles. The summed E-state index contributed by atoms with van der Waals surface area (Å²) in [6, 6.07) is -1.54. The Bertz CT molecular complexity index is 2110. The molecule has 0 aliphatic carbocycles. The number of carbonyl (C=O) groups excluding carboxylic acids is 6. The molecule has 24 heteroatoms. The number of amides is 4. The van der Waals surface area contributed by atoms with Gasteiger partial charge in [-0.15, -0.1) is 0 Å². The standard InChI is InChI=1S/C80H152N4O18P2/c1-9-15-21-27-29-31-33-39-45-51-79(91)101-73(49-43-37-25-19-13-5)63-77(89)83-69(65-95-59-55-71(85)47-41-35-23-17-11-3)67-99-103(7,93)97-61-57-81-75(87)53-54-76(88)82-58-62-98-104(8,94)100-68-70(66-96-60-56-72(86)48-42-36-24-18-12-4)84-78(90)64-74(50-44-38-26-20-14-6)102-80(92)52-46-40-34-32-30-28-22-16-10-2/h31-34,69-74,85-86H,9-30,35-68H2,1-8H3,(H,81,87)(H,82,88)(H,83,89)(H,84,90)/b33-31-,34-32-/t69?,70?,71-,72?,73-,74-,103?,104?/m1/s1. The highest BCUT2D eigenvalue weighted by molar-refractivity contribution is 7.53. The minimum Gasteiger partial charge on any atom is -0.462 e. The number of aliphatic hydroxyl groups is 2. The average Bonchev–Trinajstić information content (AvgIpc) is 1.50. The van der Waals surface area contributed by atoms with E-state index < -0.39 is 63.5 Å². The van der Waals surface area contributed by atoms with Crippen molar-refractivity contribution in [1.29, 1.82) is 0 Å². The van der Waals surface area contributed by atoms with E-state index in [1.807, 2.05) is 0 Å². The fourth-order valence-corrected chi connectivity index (χ4v) is 13.4. The zero-order valence-corrected chi connectivity index (χ0v) is 68.5. The Kier molecular flexibility index (Phi) is 68.6. The van der Waals surface area contributed by atoms with Gasteiger partial charge in [-0.2, -0.15) is 0 Å². The third-order valence-electron chi connectivity index (χ3n) is 17.9. The molecule has 4 amide bonds. The first-order chi connectivity index (χ1) is 50.2. The largest absolute Gasteiger partial charge is 0.462 e. The van der Waals surface area contributed by atoms with Gasteiger partial charge in [-0.25, -0.2) is 0 Å². The molecule has 0 radical (unpaired) electrons. The zero-order valence-electron chi connectivity index (χ0n) is 66.7. The molecular weight excluding hydrogens is 1370 g/mol. The molecular formula is C80H152N4O18P2. The first-order valence-electron chi connectivity index (χ1n) is 41.3. The quantitative estimate of drug-likeness (QED) is 0.0143. The molecule has 0 aromatic heterocycles. The second kappa shape index (κ2) is 71.1. The summed E-state index contributed by atoms with van der Waals surface area (Å²) in [6.45, 7) is 15.0. The van der Waals surface area contributed by atoms with E-state index in [0.29, 0.717) is 51.4 Å². The molecule has 5 unspecified atom stereocenters. The summed E-state index contributed by atoms with van der Waals surface area (Å²) in [7, 11) is -7.51. The molecule has 0 aliphatic rings. The number of carbonyl (C=O) groups is 6. The molecule has 0 aliphatic heterocycles. The predicted molar refractivity (Wildman–Crippen MR) is 419 cm³/mol. The van der Waals surface area contributed by atoms with Gasteiger partial charge in [0.25, 0.3) is 0 Å². The Labute approximate surface area is 631 Å². The zero-order chi connectivity index (χ0) is 76.8. The maximum Gasteiger partial charge on any atom is 0.327 e. The molecule has 610 valence electrons. The third kappa shape index (κ3) is 67.8. The number of rotatable bonds is 77. The van der Waals surface area contributed by atoms with Gasteiger partial charge in [-0.05, 0) is 103 Å². The molecule has 0 aromatic rings. The molecule has 0 spiro atoms. The van der Waals surface area contributed by atoms with E-state index in [1.165, 1.54) is 64.7 Å². The Morgan fingerprint density at radius 2 is 0.654 bits per heavy atom. The van der Waals surface area contributed by atoms with E-state index in [-0.39, 0.29) is 128 Å². The van der Waals surface area contributed by atoms with Crippen LogP contribution in [0.5, 0.6) is 0 Å². The first kappa shape index (κ1) is 100. The summed E-state index contributed by atoms with van der Waals surface area (Å²) in [4.78, 5) is 79.2. The molecule has 22 nitrogen and oxygen atoms in total. The molecule has 0 saturated heterocycles. The van der Waals surface area contributed by atoms with Gasteiger partial charge >= 0.3 is 27.1 Å². The highest BCUT2D eigenvalue weighted by Crippen LogP contribution is 2.44. The van der Waals surface area contributed by atoms with Crippen molar-refractivity contribution < 1.29 is 85.2 Å². The Morgan fingerprint density at radius 1 is 0.346 bits per heavy atom. The van der Waals surface area contributed by atoms with E-state index in [2.05, 4.69) is 87.1 Å². The number of hydrogen-bond acceptors (Lipinski definition) is 18. The maximum absolute atomic E-state index is 13.7. The number of hydrogen-bond donors (Lipinski definition) is 6. The fourth-order valence-electron chi connectivity index (χ4n) is 11.6. The second-order valence-electron chi connectivity index (χ2n) is 28.4. The molecule has 8 atom stereocenters. The van der Waals surface area contributed by atoms with Crippen LogP contribution >= 0.6 is 15.2 Å². The van der Waals surface area contributed by atoms with Gasteiger partial charge in [0, 0.05) is 65.3 Å². The van der Waals surface area contributed by atoms with Gasteiger partial charge in [0.15, 0.2) is 0 Å². The SMILES string of the molecule is CCCCCC/C=C\CCCC(=O)O[C@H](CCCCCCC)CC(=O)NC(COCCC(O)CCCCCCC)COP(C)(=O)OCCNC(=O)CCC(=O)NCCOP(C)(=O)OCC(COCC[C@H](O)CCCCCCC)NC(=O)C[C@@H](CCCCCCC)OC(=O)CCC/C=C\CCCCCC. The van der Waals surface area contributed by atoms with Crippen LogP contribution in [0.15, 0.2) is 24.3 Å². The highest BCUT2D eigenvalue weighted by atomic mass is 31.2. The van der Waals surface area contributed by atoms with Crippen molar-refractivity contribution in [2.24, 2.45) is 0 Å². The van der Waals surface area contributed by atoms with Crippen molar-refractivity contribution in [1.82, 2.24) is 21.3 Å². The molecule has 0 aromatic carbocycles. The van der Waals surface area contributed by atoms with Crippen molar-refractivity contribution >= 4 is 50.8 Å². The molecule has 0 bridgehead atoms. The maximum atomic E-state index is 13.7. The topological polar surface area (TPSA) is 299 Å². The third-order valence-corrected chi connectivity index (χ3v) is 20.4. The second-order valence-corrected chi connectivity index (χ2v) is 32.6. The minimum absolute atomic E-state index is 0.0126. The Morgan fingerprint density at radius 3 is 0.990 bits per heavy atom. The summed E-state index contributed by atoms with van der Waals surface area (Å²) in [5, 5.41) is 32.4. The number of esters is 2. The number of unbranched alkanes of at least 4 members (excludes halogenated alkanes) is 26. The molecule has 6 N–H and O–H groups in total. The lowest BCUT2D eigenvalue weighted by molar-refractivity contribution is -0.152. The van der Waals surface area contributed by atoms with Crippen LogP contribution in [0.1, 0.15) is 337 Å². The van der Waals surface area contributed by atoms with Crippen LogP contribution in [0.25, 0.3) is 0 Å². The monoisotopic (exact) mass is 1520 g/mol. The lowest BCUT2D eigenvalue weighted by Crippen LogP contribution is -2.43. The summed E-state index contributed by atoms with van der Waals surface area (Å²) in [6.07, 6.45) is 44.8. The van der Waals surface area contributed by atoms with Gasteiger partial charge in [0.05, 0.1) is 76.8 Å². The van der Waals surface area contributed by atoms with Gasteiger partial charge in [-0.3, -0.25) is 37.9 Å². The van der Waals surface area contributed by atoms with Crippen LogP contribution < -0.4 is 21.3 Å². The first-order valence-corrected chi connectivity index (χ1v) is 45.2. The van der Waals surface area contributed by atoms with E-state index >= 15 is 0 Å². The molecule has 104 heavy (non-hydrogen) atoms. The van der Waals surface area contributed by atoms with E-state index in [0.717, 1.165) is 154 Å². The number of nitrogens with one attached hydrogen (secondary N) is 4. The van der Waals surface area contributed by atoms with Crippen molar-refractivity contribution in [2.75, 3.05) is 79.3 Å². The van der Waals surface area contributed by atoms with Gasteiger partial charge in [0.1, 0.15) is 12.2 Å². The molecule has 0 rings (SSSR count). The smallest absolute Gasteiger partial charge is 0.327 e. The number of allylic oxidation sites excluding steroid dienone is 4. The van der Waals surface area contributed by atoms with E-state index in [9.17, 15) is 48.1 Å². The van der Waals surface area contributed by atoms with Crippen molar-refractivity contribution in [3.05, 3.63) is 24.3 Å². The number of aliphatic hydroxyl groups excluding tert-OH is 2. The Hall–Kier alpha value is -3.56. The summed E-state index contributed by atoms with van der Waals surface area (Å²) < 4.78 is 73.6. The van der Waals surface area contributed by atoms with Crippen molar-refractivity contribution in [3.63, 3.8) is 0 Å².